The fraction of sp³-hybridized carbons (Fsp3) is 0.917. The lowest BCUT2D eigenvalue weighted by Gasteiger charge is -2.44. The quantitative estimate of drug-likeness (QED) is 0.793. The van der Waals surface area contributed by atoms with Gasteiger partial charge in [-0.15, -0.1) is 24.8 Å². The molecule has 1 amide bonds. The van der Waals surface area contributed by atoms with Crippen molar-refractivity contribution in [2.75, 3.05) is 19.6 Å². The van der Waals surface area contributed by atoms with Gasteiger partial charge in [-0.2, -0.15) is 0 Å². The lowest BCUT2D eigenvalue weighted by Crippen LogP contribution is -2.62. The molecule has 0 aromatic heterocycles. The smallest absolute Gasteiger partial charge is 0.242 e. The van der Waals surface area contributed by atoms with Gasteiger partial charge in [-0.3, -0.25) is 9.69 Å². The summed E-state index contributed by atoms with van der Waals surface area (Å²) in [5.41, 5.74) is 5.16. The number of piperazine rings is 1. The van der Waals surface area contributed by atoms with Crippen LogP contribution in [0.2, 0.25) is 0 Å². The maximum absolute atomic E-state index is 12.2. The molecule has 2 unspecified atom stereocenters. The highest BCUT2D eigenvalue weighted by Crippen LogP contribution is 2.25. The fourth-order valence-electron chi connectivity index (χ4n) is 2.84. The van der Waals surface area contributed by atoms with Crippen molar-refractivity contribution in [1.82, 2.24) is 9.80 Å². The van der Waals surface area contributed by atoms with Crippen LogP contribution in [0.5, 0.6) is 0 Å². The summed E-state index contributed by atoms with van der Waals surface area (Å²) in [6, 6.07) is 0.868. The number of amides is 1. The lowest BCUT2D eigenvalue weighted by molar-refractivity contribution is -0.141. The SMILES string of the molecule is CC1CN2CCCC2CN1C(=O)C(C)(C)N.Cl.Cl. The van der Waals surface area contributed by atoms with E-state index < -0.39 is 5.54 Å². The van der Waals surface area contributed by atoms with Crippen LogP contribution in [0.3, 0.4) is 0 Å². The first kappa shape index (κ1) is 18.0. The van der Waals surface area contributed by atoms with Crippen molar-refractivity contribution in [1.29, 1.82) is 0 Å². The molecule has 2 fully saturated rings. The average molecular weight is 298 g/mol. The number of nitrogens with zero attached hydrogens (tertiary/aromatic N) is 2. The summed E-state index contributed by atoms with van der Waals surface area (Å²) in [6.07, 6.45) is 2.49. The second kappa shape index (κ2) is 6.42. The molecule has 2 saturated heterocycles. The Bertz CT molecular complexity index is 294. The topological polar surface area (TPSA) is 49.6 Å². The van der Waals surface area contributed by atoms with Crippen LogP contribution in [-0.2, 0) is 4.79 Å². The molecule has 4 nitrogen and oxygen atoms in total. The van der Waals surface area contributed by atoms with Gasteiger partial charge in [0, 0.05) is 25.2 Å². The van der Waals surface area contributed by atoms with Gasteiger partial charge in [0.15, 0.2) is 0 Å². The molecule has 2 heterocycles. The highest BCUT2D eigenvalue weighted by molar-refractivity contribution is 5.86. The second-order valence-electron chi connectivity index (χ2n) is 5.82. The molecule has 6 heteroatoms. The third-order valence-corrected chi connectivity index (χ3v) is 3.75. The van der Waals surface area contributed by atoms with E-state index in [1.807, 2.05) is 4.90 Å². The van der Waals surface area contributed by atoms with Crippen molar-refractivity contribution in [3.63, 3.8) is 0 Å². The van der Waals surface area contributed by atoms with Gasteiger partial charge < -0.3 is 10.6 Å². The van der Waals surface area contributed by atoms with Crippen molar-refractivity contribution in [3.8, 4) is 0 Å². The van der Waals surface area contributed by atoms with Gasteiger partial charge in [0.1, 0.15) is 0 Å². The number of carbonyl (C=O) groups excluding carboxylic acids is 1. The van der Waals surface area contributed by atoms with Gasteiger partial charge in [-0.25, -0.2) is 0 Å². The molecule has 2 aliphatic heterocycles. The number of carbonyl (C=O) groups is 1. The van der Waals surface area contributed by atoms with E-state index in [9.17, 15) is 4.79 Å². The number of hydrogen-bond donors (Lipinski definition) is 1. The Hall–Kier alpha value is -0.0300. The van der Waals surface area contributed by atoms with E-state index in [4.69, 9.17) is 5.73 Å². The molecule has 18 heavy (non-hydrogen) atoms. The van der Waals surface area contributed by atoms with E-state index in [1.165, 1.54) is 19.4 Å². The van der Waals surface area contributed by atoms with E-state index in [-0.39, 0.29) is 30.7 Å². The Labute approximate surface area is 122 Å². The number of nitrogens with two attached hydrogens (primary N) is 1. The molecule has 2 aliphatic rings. The van der Waals surface area contributed by atoms with Crippen LogP contribution in [0.25, 0.3) is 0 Å². The van der Waals surface area contributed by atoms with Crippen molar-refractivity contribution in [3.05, 3.63) is 0 Å². The Kier molecular flexibility index (Phi) is 6.41. The van der Waals surface area contributed by atoms with E-state index in [1.54, 1.807) is 13.8 Å². The molecule has 108 valence electrons. The van der Waals surface area contributed by atoms with Crippen LogP contribution in [-0.4, -0.2) is 53.0 Å². The summed E-state index contributed by atoms with van der Waals surface area (Å²) in [5, 5.41) is 0. The van der Waals surface area contributed by atoms with Gasteiger partial charge >= 0.3 is 0 Å². The van der Waals surface area contributed by atoms with E-state index in [0.29, 0.717) is 12.1 Å². The predicted molar refractivity (Wildman–Crippen MR) is 78.5 cm³/mol. The van der Waals surface area contributed by atoms with Gasteiger partial charge in [0.2, 0.25) is 5.91 Å². The van der Waals surface area contributed by atoms with E-state index >= 15 is 0 Å². The lowest BCUT2D eigenvalue weighted by atomic mass is 10.0. The minimum absolute atomic E-state index is 0. The number of rotatable bonds is 1. The summed E-state index contributed by atoms with van der Waals surface area (Å²) >= 11 is 0. The summed E-state index contributed by atoms with van der Waals surface area (Å²) < 4.78 is 0. The maximum atomic E-state index is 12.2. The third-order valence-electron chi connectivity index (χ3n) is 3.75. The molecule has 0 aromatic carbocycles. The minimum atomic E-state index is -0.741. The normalized spacial score (nSPS) is 28.1. The zero-order valence-corrected chi connectivity index (χ0v) is 13.0. The van der Waals surface area contributed by atoms with Crippen LogP contribution in [0, 0.1) is 0 Å². The van der Waals surface area contributed by atoms with Gasteiger partial charge in [0.25, 0.3) is 0 Å². The molecule has 0 aliphatic carbocycles. The number of hydrogen-bond acceptors (Lipinski definition) is 3. The Balaban J connectivity index is 0.00000144. The minimum Gasteiger partial charge on any atom is -0.336 e. The molecular formula is C12H25Cl2N3O. The van der Waals surface area contributed by atoms with E-state index in [0.717, 1.165) is 13.1 Å². The highest BCUT2D eigenvalue weighted by Gasteiger charge is 2.39. The van der Waals surface area contributed by atoms with Crippen molar-refractivity contribution in [2.45, 2.75) is 51.2 Å². The molecule has 0 bridgehead atoms. The van der Waals surface area contributed by atoms with E-state index in [2.05, 4.69) is 11.8 Å². The van der Waals surface area contributed by atoms with Gasteiger partial charge in [-0.1, -0.05) is 0 Å². The predicted octanol–water partition coefficient (Wildman–Crippen LogP) is 1.26. The third kappa shape index (κ3) is 3.50. The van der Waals surface area contributed by atoms with Crippen molar-refractivity contribution >= 4 is 30.7 Å². The van der Waals surface area contributed by atoms with Crippen molar-refractivity contribution in [2.24, 2.45) is 5.73 Å². The largest absolute Gasteiger partial charge is 0.336 e. The van der Waals surface area contributed by atoms with Crippen LogP contribution >= 0.6 is 24.8 Å². The zero-order chi connectivity index (χ0) is 11.9. The average Bonchev–Trinajstić information content (AvgIpc) is 2.60. The molecule has 0 radical (unpaired) electrons. The van der Waals surface area contributed by atoms with Gasteiger partial charge in [0.05, 0.1) is 5.54 Å². The monoisotopic (exact) mass is 297 g/mol. The summed E-state index contributed by atoms with van der Waals surface area (Å²) in [4.78, 5) is 16.7. The van der Waals surface area contributed by atoms with Crippen LogP contribution in [0.1, 0.15) is 33.6 Å². The molecule has 0 aromatic rings. The van der Waals surface area contributed by atoms with Crippen LogP contribution in [0.15, 0.2) is 0 Å². The molecule has 0 saturated carbocycles. The standard InChI is InChI=1S/C12H23N3O.2ClH/c1-9-7-14-6-4-5-10(14)8-15(9)11(16)12(2,3)13;;/h9-10H,4-8,13H2,1-3H3;2*1H. The Morgan fingerprint density at radius 2 is 1.89 bits per heavy atom. The first-order chi connectivity index (χ1) is 7.39. The highest BCUT2D eigenvalue weighted by atomic mass is 35.5. The summed E-state index contributed by atoms with van der Waals surface area (Å²) in [6.45, 7) is 8.78. The second-order valence-corrected chi connectivity index (χ2v) is 5.82. The molecule has 2 rings (SSSR count). The first-order valence-corrected chi connectivity index (χ1v) is 6.23. The Morgan fingerprint density at radius 1 is 1.28 bits per heavy atom. The molecule has 2 atom stereocenters. The maximum Gasteiger partial charge on any atom is 0.242 e. The zero-order valence-electron chi connectivity index (χ0n) is 11.4. The number of halogens is 2. The fourth-order valence-corrected chi connectivity index (χ4v) is 2.84. The first-order valence-electron chi connectivity index (χ1n) is 6.23. The van der Waals surface area contributed by atoms with Gasteiger partial charge in [-0.05, 0) is 40.2 Å². The van der Waals surface area contributed by atoms with Crippen molar-refractivity contribution < 1.29 is 4.79 Å². The molecule has 0 spiro atoms. The Morgan fingerprint density at radius 3 is 2.44 bits per heavy atom. The molecular weight excluding hydrogens is 273 g/mol. The summed E-state index contributed by atoms with van der Waals surface area (Å²) in [7, 11) is 0. The molecule has 2 N–H and O–H groups in total. The number of fused-ring (bicyclic) bond motifs is 1. The van der Waals surface area contributed by atoms with Crippen LogP contribution < -0.4 is 5.73 Å². The van der Waals surface area contributed by atoms with Crippen LogP contribution in [0.4, 0.5) is 0 Å². The summed E-state index contributed by atoms with van der Waals surface area (Å²) in [5.74, 6) is 0.0894.